The van der Waals surface area contributed by atoms with Crippen molar-refractivity contribution >= 4 is 10.1 Å². The van der Waals surface area contributed by atoms with Gasteiger partial charge in [0.1, 0.15) is 0 Å². The van der Waals surface area contributed by atoms with Crippen molar-refractivity contribution in [1.82, 2.24) is 0 Å². The third kappa shape index (κ3) is 20.2. The second-order valence-electron chi connectivity index (χ2n) is 7.74. The predicted molar refractivity (Wildman–Crippen MR) is 114 cm³/mol. The van der Waals surface area contributed by atoms with Gasteiger partial charge in [-0.25, -0.2) is 0 Å². The third-order valence-electron chi connectivity index (χ3n) is 5.01. The standard InChI is InChI=1S/C22H46O3S/c1-3-5-7-9-11-13-15-17-19-21-25-26(23,24)22-20-18-16-14-12-10-8-6-4-2/h3-22H2,1-2H3. The molecule has 0 aliphatic rings. The SMILES string of the molecule is CCCCCCCCCCCOS(=O)(=O)CCCCCCCCCCC. The van der Waals surface area contributed by atoms with E-state index < -0.39 is 10.1 Å². The van der Waals surface area contributed by atoms with E-state index in [0.717, 1.165) is 32.1 Å². The molecule has 158 valence electrons. The van der Waals surface area contributed by atoms with Crippen LogP contribution in [0.2, 0.25) is 0 Å². The Kier molecular flexibility index (Phi) is 19.6. The highest BCUT2D eigenvalue weighted by Crippen LogP contribution is 2.12. The van der Waals surface area contributed by atoms with Gasteiger partial charge >= 0.3 is 0 Å². The van der Waals surface area contributed by atoms with E-state index in [1.54, 1.807) is 0 Å². The van der Waals surface area contributed by atoms with Crippen LogP contribution >= 0.6 is 0 Å². The van der Waals surface area contributed by atoms with E-state index >= 15 is 0 Å². The van der Waals surface area contributed by atoms with Crippen LogP contribution in [0, 0.1) is 0 Å². The van der Waals surface area contributed by atoms with Gasteiger partial charge < -0.3 is 0 Å². The molecular formula is C22H46O3S. The van der Waals surface area contributed by atoms with E-state index in [4.69, 9.17) is 4.18 Å². The van der Waals surface area contributed by atoms with E-state index in [0.29, 0.717) is 6.61 Å². The fraction of sp³-hybridized carbons (Fsp3) is 1.00. The summed E-state index contributed by atoms with van der Waals surface area (Å²) in [6, 6.07) is 0. The molecule has 0 aromatic heterocycles. The monoisotopic (exact) mass is 390 g/mol. The molecule has 0 aliphatic heterocycles. The smallest absolute Gasteiger partial charge is 0.267 e. The Bertz CT molecular complexity index is 366. The van der Waals surface area contributed by atoms with Gasteiger partial charge in [0.25, 0.3) is 10.1 Å². The summed E-state index contributed by atoms with van der Waals surface area (Å²) in [5.74, 6) is 0.195. The van der Waals surface area contributed by atoms with Crippen LogP contribution < -0.4 is 0 Å². The molecule has 3 nitrogen and oxygen atoms in total. The van der Waals surface area contributed by atoms with E-state index in [1.165, 1.54) is 83.5 Å². The molecule has 0 fully saturated rings. The van der Waals surface area contributed by atoms with E-state index in [9.17, 15) is 8.42 Å². The topological polar surface area (TPSA) is 43.4 Å². The van der Waals surface area contributed by atoms with Crippen molar-refractivity contribution in [3.05, 3.63) is 0 Å². The lowest BCUT2D eigenvalue weighted by Crippen LogP contribution is -2.11. The van der Waals surface area contributed by atoms with Gasteiger partial charge in [-0.1, -0.05) is 117 Å². The number of hydrogen-bond acceptors (Lipinski definition) is 3. The Morgan fingerprint density at radius 3 is 1.27 bits per heavy atom. The molecular weight excluding hydrogens is 344 g/mol. The second kappa shape index (κ2) is 19.7. The molecule has 0 rings (SSSR count). The average molecular weight is 391 g/mol. The van der Waals surface area contributed by atoms with Crippen molar-refractivity contribution in [1.29, 1.82) is 0 Å². The lowest BCUT2D eigenvalue weighted by molar-refractivity contribution is 0.305. The quantitative estimate of drug-likeness (QED) is 0.151. The summed E-state index contributed by atoms with van der Waals surface area (Å²) in [4.78, 5) is 0. The first kappa shape index (κ1) is 25.9. The van der Waals surface area contributed by atoms with E-state index in [-0.39, 0.29) is 5.75 Å². The average Bonchev–Trinajstić information content (AvgIpc) is 2.62. The summed E-state index contributed by atoms with van der Waals surface area (Å²) in [6.45, 7) is 4.84. The molecule has 0 aromatic rings. The molecule has 0 aromatic carbocycles. The summed E-state index contributed by atoms with van der Waals surface area (Å²) in [6.07, 6.45) is 21.8. The predicted octanol–water partition coefficient (Wildman–Crippen LogP) is 7.39. The van der Waals surface area contributed by atoms with E-state index in [1.807, 2.05) is 0 Å². The summed E-state index contributed by atoms with van der Waals surface area (Å²) in [5.41, 5.74) is 0. The Balaban J connectivity index is 3.34. The van der Waals surface area contributed by atoms with Gasteiger partial charge in [-0.15, -0.1) is 0 Å². The molecule has 0 atom stereocenters. The van der Waals surface area contributed by atoms with Gasteiger partial charge in [0.15, 0.2) is 0 Å². The van der Waals surface area contributed by atoms with Crippen LogP contribution in [0.15, 0.2) is 0 Å². The van der Waals surface area contributed by atoms with Gasteiger partial charge in [0, 0.05) is 0 Å². The molecule has 4 heteroatoms. The Labute approximate surface area is 164 Å². The minimum absolute atomic E-state index is 0.195. The van der Waals surface area contributed by atoms with Gasteiger partial charge in [0.2, 0.25) is 0 Å². The Hall–Kier alpha value is -0.0900. The first-order valence-electron chi connectivity index (χ1n) is 11.5. The maximum Gasteiger partial charge on any atom is 0.267 e. The summed E-state index contributed by atoms with van der Waals surface area (Å²) < 4.78 is 28.8. The van der Waals surface area contributed by atoms with Gasteiger partial charge in [-0.3, -0.25) is 4.18 Å². The van der Waals surface area contributed by atoms with Crippen LogP contribution in [0.3, 0.4) is 0 Å². The molecule has 0 amide bonds. The molecule has 0 radical (unpaired) electrons. The maximum absolute atomic E-state index is 11.9. The Morgan fingerprint density at radius 1 is 0.500 bits per heavy atom. The summed E-state index contributed by atoms with van der Waals surface area (Å²) >= 11 is 0. The molecule has 0 saturated heterocycles. The lowest BCUT2D eigenvalue weighted by Gasteiger charge is -2.06. The first-order chi connectivity index (χ1) is 12.6. The molecule has 0 heterocycles. The van der Waals surface area contributed by atoms with Crippen molar-refractivity contribution < 1.29 is 12.6 Å². The number of unbranched alkanes of at least 4 members (excludes halogenated alkanes) is 16. The van der Waals surface area contributed by atoms with Crippen molar-refractivity contribution in [2.24, 2.45) is 0 Å². The van der Waals surface area contributed by atoms with Crippen LogP contribution in [-0.4, -0.2) is 20.8 Å². The van der Waals surface area contributed by atoms with E-state index in [2.05, 4.69) is 13.8 Å². The normalized spacial score (nSPS) is 11.9. The number of hydrogen-bond donors (Lipinski definition) is 0. The third-order valence-corrected chi connectivity index (χ3v) is 6.32. The fourth-order valence-corrected chi connectivity index (χ4v) is 4.29. The maximum atomic E-state index is 11.9. The molecule has 0 saturated carbocycles. The van der Waals surface area contributed by atoms with Crippen molar-refractivity contribution in [2.45, 2.75) is 129 Å². The molecule has 26 heavy (non-hydrogen) atoms. The van der Waals surface area contributed by atoms with Crippen LogP contribution in [0.4, 0.5) is 0 Å². The second-order valence-corrected chi connectivity index (χ2v) is 9.50. The minimum Gasteiger partial charge on any atom is -0.270 e. The summed E-state index contributed by atoms with van der Waals surface area (Å²) in [7, 11) is -3.29. The zero-order valence-corrected chi connectivity index (χ0v) is 18.6. The molecule has 0 bridgehead atoms. The number of rotatable bonds is 21. The zero-order valence-electron chi connectivity index (χ0n) is 17.8. The van der Waals surface area contributed by atoms with Crippen LogP contribution in [0.1, 0.15) is 129 Å². The molecule has 0 spiro atoms. The highest BCUT2D eigenvalue weighted by Gasteiger charge is 2.10. The zero-order chi connectivity index (χ0) is 19.3. The first-order valence-corrected chi connectivity index (χ1v) is 13.1. The van der Waals surface area contributed by atoms with Crippen LogP contribution in [0.25, 0.3) is 0 Å². The molecule has 0 N–H and O–H groups in total. The largest absolute Gasteiger partial charge is 0.270 e. The van der Waals surface area contributed by atoms with Crippen molar-refractivity contribution in [2.75, 3.05) is 12.4 Å². The lowest BCUT2D eigenvalue weighted by atomic mass is 10.1. The molecule has 0 unspecified atom stereocenters. The molecule has 0 aliphatic carbocycles. The minimum atomic E-state index is -3.29. The highest BCUT2D eigenvalue weighted by atomic mass is 32.2. The van der Waals surface area contributed by atoms with Crippen LogP contribution in [0.5, 0.6) is 0 Å². The van der Waals surface area contributed by atoms with Crippen molar-refractivity contribution in [3.8, 4) is 0 Å². The summed E-state index contributed by atoms with van der Waals surface area (Å²) in [5, 5.41) is 0. The fourth-order valence-electron chi connectivity index (χ4n) is 3.25. The highest BCUT2D eigenvalue weighted by molar-refractivity contribution is 7.86. The van der Waals surface area contributed by atoms with Crippen molar-refractivity contribution in [3.63, 3.8) is 0 Å². The van der Waals surface area contributed by atoms with Gasteiger partial charge in [0.05, 0.1) is 12.4 Å². The Morgan fingerprint density at radius 2 is 0.846 bits per heavy atom. The van der Waals surface area contributed by atoms with Gasteiger partial charge in [-0.2, -0.15) is 8.42 Å². The van der Waals surface area contributed by atoms with Crippen LogP contribution in [-0.2, 0) is 14.3 Å². The van der Waals surface area contributed by atoms with Gasteiger partial charge in [-0.05, 0) is 12.8 Å².